The van der Waals surface area contributed by atoms with Crippen molar-refractivity contribution in [2.24, 2.45) is 0 Å². The first-order chi connectivity index (χ1) is 4.04. The Morgan fingerprint density at radius 2 is 1.60 bits per heavy atom. The van der Waals surface area contributed by atoms with E-state index in [0.29, 0.717) is 0 Å². The van der Waals surface area contributed by atoms with E-state index in [1.165, 1.54) is 0 Å². The minimum absolute atomic E-state index is 0. The van der Waals surface area contributed by atoms with Gasteiger partial charge in [-0.2, -0.15) is 0 Å². The smallest absolute Gasteiger partial charge is 0.194 e. The quantitative estimate of drug-likeness (QED) is 0.533. The summed E-state index contributed by atoms with van der Waals surface area (Å²) < 4.78 is 16.0. The Morgan fingerprint density at radius 3 is 1.70 bits per heavy atom. The first-order valence-electron chi connectivity index (χ1n) is 3.24. The molecule has 58 valence electrons. The molecule has 0 aromatic heterocycles. The molecule has 0 rings (SSSR count). The van der Waals surface area contributed by atoms with Crippen LogP contribution in [0.3, 0.4) is 0 Å². The average molecular weight is 216 g/mol. The predicted molar refractivity (Wildman–Crippen MR) is 40.4 cm³/mol. The topological polar surface area (TPSA) is 26.3 Å². The first-order valence-corrected chi connectivity index (χ1v) is 4.64. The fourth-order valence-electron chi connectivity index (χ4n) is 0.368. The van der Waals surface area contributed by atoms with E-state index in [-0.39, 0.29) is 31.2 Å². The summed E-state index contributed by atoms with van der Waals surface area (Å²) >= 11 is 0. The van der Waals surface area contributed by atoms with Gasteiger partial charge in [0.15, 0.2) is 8.03 Å². The molecule has 2 nitrogen and oxygen atoms in total. The van der Waals surface area contributed by atoms with Crippen molar-refractivity contribution in [3.05, 3.63) is 0 Å². The van der Waals surface area contributed by atoms with E-state index in [2.05, 4.69) is 0 Å². The van der Waals surface area contributed by atoms with Crippen molar-refractivity contribution in [3.63, 3.8) is 0 Å². The van der Waals surface area contributed by atoms with E-state index in [1.54, 1.807) is 0 Å². The third-order valence-corrected chi connectivity index (χ3v) is 2.47. The fourth-order valence-corrected chi connectivity index (χ4v) is 1.11. The summed E-state index contributed by atoms with van der Waals surface area (Å²) in [5.74, 6) is 0. The first kappa shape index (κ1) is 13.4. The molecule has 0 amide bonds. The summed E-state index contributed by atoms with van der Waals surface area (Å²) in [6.45, 7) is 7.60. The molecule has 0 radical (unpaired) electrons. The van der Waals surface area contributed by atoms with E-state index in [1.807, 2.05) is 27.7 Å². The van der Waals surface area contributed by atoms with Gasteiger partial charge in [0.05, 0.1) is 6.10 Å². The zero-order chi connectivity index (χ0) is 7.44. The molecule has 0 saturated carbocycles. The Labute approximate surface area is 76.4 Å². The molecule has 0 spiro atoms. The van der Waals surface area contributed by atoms with Gasteiger partial charge in [-0.3, -0.25) is 4.57 Å². The summed E-state index contributed by atoms with van der Waals surface area (Å²) in [6, 6.07) is 0. The number of hydrogen-bond acceptors (Lipinski definition) is 2. The maximum absolute atomic E-state index is 10.9. The van der Waals surface area contributed by atoms with E-state index >= 15 is 0 Å². The Morgan fingerprint density at radius 1 is 1.20 bits per heavy atom. The van der Waals surface area contributed by atoms with E-state index in [0.717, 1.165) is 0 Å². The molecule has 0 N–H and O–H groups in total. The molecule has 0 saturated heterocycles. The van der Waals surface area contributed by atoms with Crippen molar-refractivity contribution in [2.75, 3.05) is 0 Å². The summed E-state index contributed by atoms with van der Waals surface area (Å²) in [5, 5.41) is 0. The Hall–Kier alpha value is 0.813. The summed E-state index contributed by atoms with van der Waals surface area (Å²) in [5.41, 5.74) is 0.178. The normalized spacial score (nSPS) is 13.4. The van der Waals surface area contributed by atoms with Crippen molar-refractivity contribution in [1.82, 2.24) is 0 Å². The summed E-state index contributed by atoms with van der Waals surface area (Å²) in [4.78, 5) is 0. The molecule has 0 aliphatic heterocycles. The van der Waals surface area contributed by atoms with Crippen LogP contribution in [0, 0.1) is 0 Å². The van der Waals surface area contributed by atoms with Crippen molar-refractivity contribution in [1.29, 1.82) is 0 Å². The predicted octanol–water partition coefficient (Wildman–Crippen LogP) is 2.29. The molecular formula is C6H15O2PZn. The zero-order valence-electron chi connectivity index (χ0n) is 7.18. The number of rotatable bonds is 3. The van der Waals surface area contributed by atoms with Gasteiger partial charge in [0.25, 0.3) is 0 Å². The third-order valence-electron chi connectivity index (χ3n) is 0.823. The maximum Gasteiger partial charge on any atom is 0.194 e. The molecule has 0 bridgehead atoms. The molecule has 0 heterocycles. The second-order valence-corrected chi connectivity index (χ2v) is 4.67. The minimum Gasteiger partial charge on any atom is -0.328 e. The summed E-state index contributed by atoms with van der Waals surface area (Å²) in [6.07, 6.45) is 0.0961. The third kappa shape index (κ3) is 6.93. The largest absolute Gasteiger partial charge is 0.328 e. The van der Waals surface area contributed by atoms with Gasteiger partial charge >= 0.3 is 0 Å². The molecular weight excluding hydrogens is 200 g/mol. The summed E-state index contributed by atoms with van der Waals surface area (Å²) in [7, 11) is -1.76. The van der Waals surface area contributed by atoms with Gasteiger partial charge in [0.2, 0.25) is 0 Å². The van der Waals surface area contributed by atoms with E-state index in [9.17, 15) is 4.57 Å². The van der Waals surface area contributed by atoms with E-state index < -0.39 is 8.03 Å². The van der Waals surface area contributed by atoms with Crippen molar-refractivity contribution < 1.29 is 28.6 Å². The van der Waals surface area contributed by atoms with Crippen molar-refractivity contribution in [3.8, 4) is 0 Å². The van der Waals surface area contributed by atoms with Gasteiger partial charge in [0.1, 0.15) is 0 Å². The molecule has 0 aromatic carbocycles. The fraction of sp³-hybridized carbons (Fsp3) is 1.00. The molecule has 1 unspecified atom stereocenters. The molecule has 0 aliphatic rings. The van der Waals surface area contributed by atoms with Gasteiger partial charge in [-0.15, -0.1) is 0 Å². The Kier molecular flexibility index (Phi) is 8.74. The molecule has 0 aromatic rings. The van der Waals surface area contributed by atoms with Crippen molar-refractivity contribution in [2.45, 2.75) is 39.5 Å². The van der Waals surface area contributed by atoms with Gasteiger partial charge in [-0.1, -0.05) is 13.8 Å². The second-order valence-electron chi connectivity index (χ2n) is 2.64. The van der Waals surface area contributed by atoms with Crippen LogP contribution in [0.4, 0.5) is 0 Å². The van der Waals surface area contributed by atoms with Crippen LogP contribution < -0.4 is 0 Å². The van der Waals surface area contributed by atoms with Crippen LogP contribution in [0.5, 0.6) is 0 Å². The van der Waals surface area contributed by atoms with E-state index in [4.69, 9.17) is 4.52 Å². The van der Waals surface area contributed by atoms with Crippen LogP contribution in [0.1, 0.15) is 27.7 Å². The SMILES string of the molecule is CC(C)O[PH](=O)C(C)C.[Zn]. The van der Waals surface area contributed by atoms with Crippen molar-refractivity contribution >= 4 is 8.03 Å². The molecule has 1 atom stereocenters. The average Bonchev–Trinajstić information content (AvgIpc) is 1.63. The van der Waals surface area contributed by atoms with Crippen LogP contribution in [0.15, 0.2) is 0 Å². The van der Waals surface area contributed by atoms with Gasteiger partial charge in [-0.25, -0.2) is 0 Å². The van der Waals surface area contributed by atoms with Crippen LogP contribution >= 0.6 is 8.03 Å². The van der Waals surface area contributed by atoms with Crippen LogP contribution in [-0.2, 0) is 28.6 Å². The zero-order valence-corrected chi connectivity index (χ0v) is 11.1. The van der Waals surface area contributed by atoms with Gasteiger partial charge < -0.3 is 4.52 Å². The maximum atomic E-state index is 10.9. The second kappa shape index (κ2) is 6.52. The van der Waals surface area contributed by atoms with Crippen LogP contribution in [0.2, 0.25) is 0 Å². The minimum atomic E-state index is -1.76. The monoisotopic (exact) mass is 214 g/mol. The molecule has 0 aliphatic carbocycles. The Bertz CT molecular complexity index is 104. The molecule has 0 fully saturated rings. The van der Waals surface area contributed by atoms with Crippen LogP contribution in [0.25, 0.3) is 0 Å². The Balaban J connectivity index is 0. The molecule has 4 heteroatoms. The van der Waals surface area contributed by atoms with Gasteiger partial charge in [-0.05, 0) is 13.8 Å². The van der Waals surface area contributed by atoms with Gasteiger partial charge in [0, 0.05) is 25.1 Å². The molecule has 10 heavy (non-hydrogen) atoms. The standard InChI is InChI=1S/C6H15O2P.Zn/c1-5(2)8-9(7)6(3)4;/h5-6,9H,1-4H3;. The van der Waals surface area contributed by atoms with Crippen LogP contribution in [-0.4, -0.2) is 11.8 Å². The number of hydrogen-bond donors (Lipinski definition) is 0.